The van der Waals surface area contributed by atoms with Gasteiger partial charge in [-0.25, -0.2) is 0 Å². The van der Waals surface area contributed by atoms with E-state index in [4.69, 9.17) is 0 Å². The van der Waals surface area contributed by atoms with Crippen molar-refractivity contribution >= 4 is 37.3 Å². The summed E-state index contributed by atoms with van der Waals surface area (Å²) in [4.78, 5) is 13.1. The van der Waals surface area contributed by atoms with Gasteiger partial charge in [-0.2, -0.15) is 0 Å². The Balaban J connectivity index is 1.31. The minimum Gasteiger partial charge on any atom is -0.289 e. The van der Waals surface area contributed by atoms with Gasteiger partial charge in [0.2, 0.25) is 0 Å². The zero-order chi connectivity index (χ0) is 22.2. The Morgan fingerprint density at radius 2 is 1.06 bits per heavy atom. The minimum atomic E-state index is 0.0428. The first-order valence-corrected chi connectivity index (χ1v) is 11.8. The molecule has 1 aromatic heterocycles. The molecule has 5 aromatic carbocycles. The predicted octanol–water partition coefficient (Wildman–Crippen LogP) is 8.62. The number of ketones is 1. The van der Waals surface area contributed by atoms with Crippen LogP contribution in [0.25, 0.3) is 42.4 Å². The predicted molar refractivity (Wildman–Crippen MR) is 140 cm³/mol. The zero-order valence-corrected chi connectivity index (χ0v) is 18.7. The molecule has 33 heavy (non-hydrogen) atoms. The Bertz CT molecular complexity index is 1590. The van der Waals surface area contributed by atoms with Crippen LogP contribution in [0.4, 0.5) is 0 Å². The van der Waals surface area contributed by atoms with Crippen molar-refractivity contribution in [1.29, 1.82) is 0 Å². The van der Waals surface area contributed by atoms with E-state index in [0.29, 0.717) is 11.1 Å². The Labute approximate surface area is 196 Å². The van der Waals surface area contributed by atoms with Gasteiger partial charge in [0.1, 0.15) is 0 Å². The van der Waals surface area contributed by atoms with Gasteiger partial charge in [-0.3, -0.25) is 4.79 Å². The van der Waals surface area contributed by atoms with Crippen LogP contribution in [0.5, 0.6) is 0 Å². The van der Waals surface area contributed by atoms with Gasteiger partial charge in [0.25, 0.3) is 0 Å². The van der Waals surface area contributed by atoms with E-state index in [9.17, 15) is 4.79 Å². The van der Waals surface area contributed by atoms with Crippen LogP contribution < -0.4 is 0 Å². The highest BCUT2D eigenvalue weighted by molar-refractivity contribution is 7.26. The lowest BCUT2D eigenvalue weighted by Gasteiger charge is -2.07. The Hall–Kier alpha value is -4.01. The first kappa shape index (κ1) is 19.7. The van der Waals surface area contributed by atoms with Crippen molar-refractivity contribution in [3.8, 4) is 22.3 Å². The summed E-state index contributed by atoms with van der Waals surface area (Å²) in [7, 11) is 0. The van der Waals surface area contributed by atoms with Crippen LogP contribution >= 0.6 is 11.3 Å². The summed E-state index contributed by atoms with van der Waals surface area (Å²) in [6, 6.07) is 41.1. The van der Waals surface area contributed by atoms with Gasteiger partial charge in [-0.05, 0) is 28.3 Å². The number of fused-ring (bicyclic) bond motifs is 3. The molecule has 0 unspecified atom stereocenters. The van der Waals surface area contributed by atoms with E-state index >= 15 is 0 Å². The van der Waals surface area contributed by atoms with Crippen LogP contribution in [0, 0.1) is 0 Å². The maximum absolute atomic E-state index is 13.1. The van der Waals surface area contributed by atoms with Crippen molar-refractivity contribution in [3.63, 3.8) is 0 Å². The molecule has 0 amide bonds. The van der Waals surface area contributed by atoms with Crippen LogP contribution in [0.3, 0.4) is 0 Å². The average molecular weight is 441 g/mol. The van der Waals surface area contributed by atoms with Crippen LogP contribution in [0.1, 0.15) is 15.9 Å². The Morgan fingerprint density at radius 3 is 1.79 bits per heavy atom. The molecule has 0 aliphatic carbocycles. The van der Waals surface area contributed by atoms with Gasteiger partial charge in [-0.15, -0.1) is 11.3 Å². The van der Waals surface area contributed by atoms with Gasteiger partial charge < -0.3 is 0 Å². The fourth-order valence-electron chi connectivity index (χ4n) is 4.39. The fourth-order valence-corrected chi connectivity index (χ4v) is 5.63. The van der Waals surface area contributed by atoms with E-state index in [0.717, 1.165) is 16.7 Å². The van der Waals surface area contributed by atoms with Crippen LogP contribution in [-0.4, -0.2) is 5.78 Å². The lowest BCUT2D eigenvalue weighted by Crippen LogP contribution is -2.00. The van der Waals surface area contributed by atoms with Gasteiger partial charge in [0, 0.05) is 31.3 Å². The first-order valence-electron chi connectivity index (χ1n) is 11.0. The summed E-state index contributed by atoms with van der Waals surface area (Å²) in [5.74, 6) is 0.0428. The molecule has 1 nitrogen and oxygen atoms in total. The molecule has 0 N–H and O–H groups in total. The summed E-state index contributed by atoms with van der Waals surface area (Å²) >= 11 is 1.82. The molecule has 1 heterocycles. The number of hydrogen-bond acceptors (Lipinski definition) is 2. The second-order valence-corrected chi connectivity index (χ2v) is 9.18. The normalized spacial score (nSPS) is 11.2. The van der Waals surface area contributed by atoms with Gasteiger partial charge >= 0.3 is 0 Å². The van der Waals surface area contributed by atoms with Crippen molar-refractivity contribution in [1.82, 2.24) is 0 Å². The maximum Gasteiger partial charge on any atom is 0.193 e. The van der Waals surface area contributed by atoms with E-state index in [2.05, 4.69) is 66.7 Å². The second-order valence-electron chi connectivity index (χ2n) is 8.13. The average Bonchev–Trinajstić information content (AvgIpc) is 3.28. The molecule has 0 aliphatic rings. The number of hydrogen-bond donors (Lipinski definition) is 0. The number of carbonyl (C=O) groups excluding carboxylic acids is 1. The van der Waals surface area contributed by atoms with Crippen LogP contribution in [0.2, 0.25) is 0 Å². The summed E-state index contributed by atoms with van der Waals surface area (Å²) < 4.78 is 2.58. The SMILES string of the molecule is O=C(c1ccc(-c2ccccc2)cc1)c1ccc(-c2cccc3c2sc2ccccc23)cc1. The standard InChI is InChI=1S/C31H20OS/c32-30(24-17-13-22(14-18-24)21-7-2-1-3-8-21)25-19-15-23(16-20-25)26-10-6-11-28-27-9-4-5-12-29(27)33-31(26)28/h1-20H. The van der Waals surface area contributed by atoms with E-state index in [1.54, 1.807) is 0 Å². The van der Waals surface area contributed by atoms with Crippen molar-refractivity contribution in [2.75, 3.05) is 0 Å². The summed E-state index contributed by atoms with van der Waals surface area (Å²) in [5, 5.41) is 2.58. The third-order valence-corrected chi connectivity index (χ3v) is 7.34. The van der Waals surface area contributed by atoms with Gasteiger partial charge in [-0.1, -0.05) is 115 Å². The quantitative estimate of drug-likeness (QED) is 0.251. The molecular formula is C31H20OS. The number of thiophene rings is 1. The Kier molecular flexibility index (Phi) is 4.86. The molecule has 6 aromatic rings. The lowest BCUT2D eigenvalue weighted by atomic mass is 9.97. The molecule has 0 saturated carbocycles. The van der Waals surface area contributed by atoms with Gasteiger partial charge in [0.05, 0.1) is 0 Å². The molecule has 6 rings (SSSR count). The van der Waals surface area contributed by atoms with Gasteiger partial charge in [0.15, 0.2) is 5.78 Å². The second kappa shape index (κ2) is 8.16. The highest BCUT2D eigenvalue weighted by Crippen LogP contribution is 2.39. The third-order valence-electron chi connectivity index (χ3n) is 6.12. The Morgan fingerprint density at radius 1 is 0.485 bits per heavy atom. The minimum absolute atomic E-state index is 0.0428. The molecule has 156 valence electrons. The summed E-state index contributed by atoms with van der Waals surface area (Å²) in [6.07, 6.45) is 0. The monoisotopic (exact) mass is 440 g/mol. The van der Waals surface area contributed by atoms with Crippen LogP contribution in [0.15, 0.2) is 121 Å². The largest absolute Gasteiger partial charge is 0.289 e. The molecule has 0 atom stereocenters. The molecule has 0 spiro atoms. The fraction of sp³-hybridized carbons (Fsp3) is 0. The number of rotatable bonds is 4. The van der Waals surface area contributed by atoms with Crippen molar-refractivity contribution in [3.05, 3.63) is 132 Å². The van der Waals surface area contributed by atoms with E-state index < -0.39 is 0 Å². The van der Waals surface area contributed by atoms with E-state index in [1.165, 1.54) is 25.7 Å². The third kappa shape index (κ3) is 3.55. The molecule has 0 radical (unpaired) electrons. The number of benzene rings is 5. The number of carbonyl (C=O) groups is 1. The molecule has 0 aliphatic heterocycles. The zero-order valence-electron chi connectivity index (χ0n) is 17.9. The highest BCUT2D eigenvalue weighted by atomic mass is 32.1. The summed E-state index contributed by atoms with van der Waals surface area (Å²) in [5.41, 5.74) is 6.00. The maximum atomic E-state index is 13.1. The topological polar surface area (TPSA) is 17.1 Å². The molecule has 0 saturated heterocycles. The van der Waals surface area contributed by atoms with Crippen molar-refractivity contribution in [2.45, 2.75) is 0 Å². The molecule has 0 bridgehead atoms. The van der Waals surface area contributed by atoms with E-state index in [-0.39, 0.29) is 5.78 Å². The lowest BCUT2D eigenvalue weighted by molar-refractivity contribution is 0.103. The highest BCUT2D eigenvalue weighted by Gasteiger charge is 2.12. The smallest absolute Gasteiger partial charge is 0.193 e. The first-order chi connectivity index (χ1) is 16.3. The van der Waals surface area contributed by atoms with Crippen molar-refractivity contribution in [2.24, 2.45) is 0 Å². The molecule has 2 heteroatoms. The molecule has 0 fully saturated rings. The van der Waals surface area contributed by atoms with Crippen LogP contribution in [-0.2, 0) is 0 Å². The molecular weight excluding hydrogens is 420 g/mol. The van der Waals surface area contributed by atoms with Crippen molar-refractivity contribution < 1.29 is 4.79 Å². The van der Waals surface area contributed by atoms with E-state index in [1.807, 2.05) is 65.9 Å². The summed E-state index contributed by atoms with van der Waals surface area (Å²) in [6.45, 7) is 0.